The van der Waals surface area contributed by atoms with Crippen LogP contribution in [-0.2, 0) is 0 Å². The molecular formula is C18H18N3O+. The van der Waals surface area contributed by atoms with Crippen LogP contribution in [0.5, 0.6) is 5.75 Å². The highest BCUT2D eigenvalue weighted by Gasteiger charge is 2.05. The minimum atomic E-state index is 0.556. The molecule has 0 saturated carbocycles. The third kappa shape index (κ3) is 3.97. The first-order chi connectivity index (χ1) is 10.7. The van der Waals surface area contributed by atoms with E-state index in [1.54, 1.807) is 17.8 Å². The third-order valence-electron chi connectivity index (χ3n) is 3.15. The summed E-state index contributed by atoms with van der Waals surface area (Å²) < 4.78 is 6.92. The van der Waals surface area contributed by atoms with Crippen LogP contribution in [0.2, 0.25) is 0 Å². The summed E-state index contributed by atoms with van der Waals surface area (Å²) in [7, 11) is 3.60. The summed E-state index contributed by atoms with van der Waals surface area (Å²) in [6.07, 6.45) is 9.22. The summed E-state index contributed by atoms with van der Waals surface area (Å²) in [5.41, 5.74) is 1.59. The van der Waals surface area contributed by atoms with E-state index >= 15 is 0 Å². The predicted octanol–water partition coefficient (Wildman–Crippen LogP) is 3.00. The highest BCUT2D eigenvalue weighted by Crippen LogP contribution is 2.18. The molecule has 0 atom stereocenters. The summed E-state index contributed by atoms with van der Waals surface area (Å²) >= 11 is 0. The van der Waals surface area contributed by atoms with E-state index in [2.05, 4.69) is 6.07 Å². The first-order valence-corrected chi connectivity index (χ1v) is 6.87. The van der Waals surface area contributed by atoms with Gasteiger partial charge < -0.3 is 9.64 Å². The first-order valence-electron chi connectivity index (χ1n) is 6.87. The van der Waals surface area contributed by atoms with E-state index < -0.39 is 0 Å². The molecular weight excluding hydrogens is 274 g/mol. The SMILES string of the molecule is COc1ccc(N(C)C=CC=C(C#N)[n+]2ccccc2)cc1. The number of hydrogen-bond donors (Lipinski definition) is 0. The largest absolute Gasteiger partial charge is 0.497 e. The Balaban J connectivity index is 2.09. The zero-order valence-electron chi connectivity index (χ0n) is 12.7. The molecule has 4 nitrogen and oxygen atoms in total. The topological polar surface area (TPSA) is 40.1 Å². The Kier molecular flexibility index (Phi) is 5.33. The number of allylic oxidation sites excluding steroid dienone is 3. The fourth-order valence-electron chi connectivity index (χ4n) is 1.91. The number of hydrogen-bond acceptors (Lipinski definition) is 3. The Labute approximate surface area is 130 Å². The van der Waals surface area contributed by atoms with Crippen molar-refractivity contribution in [2.24, 2.45) is 0 Å². The van der Waals surface area contributed by atoms with Crippen molar-refractivity contribution in [2.45, 2.75) is 0 Å². The van der Waals surface area contributed by atoms with Gasteiger partial charge in [-0.25, -0.2) is 0 Å². The first kappa shape index (κ1) is 15.3. The van der Waals surface area contributed by atoms with Crippen molar-refractivity contribution >= 4 is 11.4 Å². The molecule has 110 valence electrons. The summed E-state index contributed by atoms with van der Waals surface area (Å²) in [6.45, 7) is 0. The Morgan fingerprint density at radius 3 is 2.45 bits per heavy atom. The van der Waals surface area contributed by atoms with E-state index in [-0.39, 0.29) is 0 Å². The van der Waals surface area contributed by atoms with Crippen LogP contribution in [-0.4, -0.2) is 14.2 Å². The summed E-state index contributed by atoms with van der Waals surface area (Å²) in [5, 5.41) is 9.22. The maximum Gasteiger partial charge on any atom is 0.288 e. The fraction of sp³-hybridized carbons (Fsp3) is 0.111. The highest BCUT2D eigenvalue weighted by atomic mass is 16.5. The van der Waals surface area contributed by atoms with Crippen LogP contribution in [0, 0.1) is 11.3 Å². The molecule has 0 saturated heterocycles. The molecule has 0 bridgehead atoms. The van der Waals surface area contributed by atoms with Gasteiger partial charge in [0.15, 0.2) is 18.5 Å². The molecule has 0 radical (unpaired) electrons. The molecule has 0 amide bonds. The number of nitriles is 1. The normalized spacial score (nSPS) is 11.2. The lowest BCUT2D eigenvalue weighted by Crippen LogP contribution is -2.29. The monoisotopic (exact) mass is 292 g/mol. The molecule has 1 aromatic carbocycles. The molecule has 4 heteroatoms. The molecule has 0 aliphatic rings. The Morgan fingerprint density at radius 1 is 1.18 bits per heavy atom. The zero-order valence-corrected chi connectivity index (χ0v) is 12.7. The van der Waals surface area contributed by atoms with Gasteiger partial charge in [-0.05, 0) is 30.3 Å². The summed E-state index contributed by atoms with van der Waals surface area (Å²) in [4.78, 5) is 1.97. The number of aromatic nitrogens is 1. The van der Waals surface area contributed by atoms with Gasteiger partial charge in [0.2, 0.25) is 0 Å². The van der Waals surface area contributed by atoms with Crippen molar-refractivity contribution in [3.8, 4) is 11.8 Å². The average Bonchev–Trinajstić information content (AvgIpc) is 2.59. The lowest BCUT2D eigenvalue weighted by molar-refractivity contribution is -0.577. The van der Waals surface area contributed by atoms with E-state index in [1.807, 2.05) is 79.1 Å². The molecule has 0 fully saturated rings. The number of pyridine rings is 1. The van der Waals surface area contributed by atoms with Crippen LogP contribution in [0.1, 0.15) is 0 Å². The number of benzene rings is 1. The number of ether oxygens (including phenoxy) is 1. The van der Waals surface area contributed by atoms with Crippen LogP contribution in [0.4, 0.5) is 5.69 Å². The highest BCUT2D eigenvalue weighted by molar-refractivity contribution is 5.54. The van der Waals surface area contributed by atoms with Crippen molar-refractivity contribution in [1.82, 2.24) is 0 Å². The lowest BCUT2D eigenvalue weighted by atomic mass is 10.3. The van der Waals surface area contributed by atoms with Gasteiger partial charge in [-0.2, -0.15) is 9.83 Å². The Hall–Kier alpha value is -3.06. The second kappa shape index (κ2) is 7.65. The fourth-order valence-corrected chi connectivity index (χ4v) is 1.91. The van der Waals surface area contributed by atoms with Crippen molar-refractivity contribution in [1.29, 1.82) is 5.26 Å². The van der Waals surface area contributed by atoms with E-state index in [9.17, 15) is 5.26 Å². The van der Waals surface area contributed by atoms with Crippen LogP contribution >= 0.6 is 0 Å². The number of rotatable bonds is 5. The van der Waals surface area contributed by atoms with E-state index in [0.717, 1.165) is 11.4 Å². The standard InChI is InChI=1S/C18H18N3O/c1-20(16-8-10-18(22-2)11-9-16)12-6-7-17(15-19)21-13-4-3-5-14-21/h3-14H,1-2H3/q+1. The lowest BCUT2D eigenvalue weighted by Gasteiger charge is -2.13. The predicted molar refractivity (Wildman–Crippen MR) is 87.1 cm³/mol. The van der Waals surface area contributed by atoms with Crippen LogP contribution in [0.3, 0.4) is 0 Å². The molecule has 1 heterocycles. The van der Waals surface area contributed by atoms with Crippen molar-refractivity contribution in [3.05, 3.63) is 73.2 Å². The van der Waals surface area contributed by atoms with Crippen LogP contribution < -0.4 is 14.2 Å². The molecule has 0 aliphatic heterocycles. The average molecular weight is 292 g/mol. The Morgan fingerprint density at radius 2 is 1.86 bits per heavy atom. The minimum absolute atomic E-state index is 0.556. The van der Waals surface area contributed by atoms with Gasteiger partial charge in [-0.3, -0.25) is 0 Å². The third-order valence-corrected chi connectivity index (χ3v) is 3.15. The maximum absolute atomic E-state index is 9.22. The molecule has 0 unspecified atom stereocenters. The molecule has 0 aliphatic carbocycles. The van der Waals surface area contributed by atoms with Gasteiger partial charge in [0.25, 0.3) is 5.70 Å². The van der Waals surface area contributed by atoms with Crippen LogP contribution in [0.15, 0.2) is 73.2 Å². The minimum Gasteiger partial charge on any atom is -0.497 e. The molecule has 1 aromatic heterocycles. The van der Waals surface area contributed by atoms with E-state index in [1.165, 1.54) is 0 Å². The quantitative estimate of drug-likeness (QED) is 0.483. The summed E-state index contributed by atoms with van der Waals surface area (Å²) in [5.74, 6) is 0.827. The van der Waals surface area contributed by atoms with Crippen molar-refractivity contribution in [2.75, 3.05) is 19.1 Å². The zero-order chi connectivity index (χ0) is 15.8. The number of methoxy groups -OCH3 is 1. The second-order valence-corrected chi connectivity index (χ2v) is 4.60. The Bertz CT molecular complexity index is 697. The van der Waals surface area contributed by atoms with Gasteiger partial charge in [0, 0.05) is 37.1 Å². The summed E-state index contributed by atoms with van der Waals surface area (Å²) in [6, 6.07) is 15.7. The molecule has 2 aromatic rings. The van der Waals surface area contributed by atoms with Gasteiger partial charge in [-0.1, -0.05) is 6.07 Å². The van der Waals surface area contributed by atoms with Gasteiger partial charge >= 0.3 is 0 Å². The van der Waals surface area contributed by atoms with Gasteiger partial charge in [0.1, 0.15) is 5.75 Å². The number of nitrogens with zero attached hydrogens (tertiary/aromatic N) is 3. The molecule has 22 heavy (non-hydrogen) atoms. The van der Waals surface area contributed by atoms with E-state index in [0.29, 0.717) is 5.70 Å². The smallest absolute Gasteiger partial charge is 0.288 e. The van der Waals surface area contributed by atoms with Gasteiger partial charge in [0.05, 0.1) is 7.11 Å². The molecule has 2 rings (SSSR count). The molecule has 0 spiro atoms. The van der Waals surface area contributed by atoms with Crippen molar-refractivity contribution in [3.63, 3.8) is 0 Å². The van der Waals surface area contributed by atoms with Crippen molar-refractivity contribution < 1.29 is 9.30 Å². The van der Waals surface area contributed by atoms with Gasteiger partial charge in [-0.15, -0.1) is 0 Å². The van der Waals surface area contributed by atoms with E-state index in [4.69, 9.17) is 4.74 Å². The second-order valence-electron chi connectivity index (χ2n) is 4.60. The maximum atomic E-state index is 9.22. The van der Waals surface area contributed by atoms with Crippen LogP contribution in [0.25, 0.3) is 5.70 Å². The molecule has 0 N–H and O–H groups in total. The number of anilines is 1.